The number of aromatic nitrogens is 2. The van der Waals surface area contributed by atoms with Gasteiger partial charge >= 0.3 is 0 Å². The predicted molar refractivity (Wildman–Crippen MR) is 81.5 cm³/mol. The van der Waals surface area contributed by atoms with E-state index in [0.29, 0.717) is 18.7 Å². The lowest BCUT2D eigenvalue weighted by molar-refractivity contribution is 0.268. The van der Waals surface area contributed by atoms with Gasteiger partial charge in [-0.05, 0) is 39.9 Å². The zero-order valence-corrected chi connectivity index (χ0v) is 13.8. The molecule has 0 spiro atoms. The van der Waals surface area contributed by atoms with Crippen LogP contribution in [-0.4, -0.2) is 56.2 Å². The van der Waals surface area contributed by atoms with E-state index in [4.69, 9.17) is 0 Å². The first kappa shape index (κ1) is 16.4. The highest BCUT2D eigenvalue weighted by molar-refractivity contribution is 7.89. The van der Waals surface area contributed by atoms with Crippen LogP contribution >= 0.6 is 0 Å². The number of nitrogens with zero attached hydrogens (tertiary/aromatic N) is 2. The van der Waals surface area contributed by atoms with Gasteiger partial charge in [-0.2, -0.15) is 5.10 Å². The summed E-state index contributed by atoms with van der Waals surface area (Å²) in [7, 11) is -1.78. The average Bonchev–Trinajstić information content (AvgIpc) is 3.04. The molecule has 1 aromatic heterocycles. The first-order valence-corrected chi connectivity index (χ1v) is 8.90. The molecule has 1 saturated heterocycles. The molecule has 21 heavy (non-hydrogen) atoms. The Kier molecular flexibility index (Phi) is 5.37. The minimum Gasteiger partial charge on any atom is -0.316 e. The fourth-order valence-electron chi connectivity index (χ4n) is 2.85. The van der Waals surface area contributed by atoms with E-state index in [1.54, 1.807) is 7.05 Å². The second-order valence-electron chi connectivity index (χ2n) is 5.44. The van der Waals surface area contributed by atoms with Crippen molar-refractivity contribution in [2.24, 2.45) is 0 Å². The lowest BCUT2D eigenvalue weighted by Crippen LogP contribution is -2.40. The number of likely N-dealkylation sites (N-methyl/N-ethyl adjacent to an activating group) is 1. The molecular formula is C13H25N5O2S. The quantitative estimate of drug-likeness (QED) is 0.669. The van der Waals surface area contributed by atoms with E-state index < -0.39 is 10.0 Å². The predicted octanol–water partition coefficient (Wildman–Crippen LogP) is 0.200. The summed E-state index contributed by atoms with van der Waals surface area (Å²) in [6.45, 7) is 6.86. The highest BCUT2D eigenvalue weighted by Crippen LogP contribution is 2.18. The largest absolute Gasteiger partial charge is 0.316 e. The molecule has 1 fully saturated rings. The maximum absolute atomic E-state index is 12.5. The minimum absolute atomic E-state index is 0.107. The fraction of sp³-hybridized carbons (Fsp3) is 0.769. The Balaban J connectivity index is 2.08. The first-order chi connectivity index (χ1) is 9.99. The van der Waals surface area contributed by atoms with Crippen molar-refractivity contribution in [3.8, 4) is 0 Å². The molecule has 7 nitrogen and oxygen atoms in total. The molecule has 0 aliphatic carbocycles. The summed E-state index contributed by atoms with van der Waals surface area (Å²) in [5, 5.41) is 9.80. The van der Waals surface area contributed by atoms with Crippen molar-refractivity contribution < 1.29 is 8.42 Å². The van der Waals surface area contributed by atoms with Crippen molar-refractivity contribution in [1.82, 2.24) is 25.1 Å². The van der Waals surface area contributed by atoms with Gasteiger partial charge in [0.25, 0.3) is 10.0 Å². The summed E-state index contributed by atoms with van der Waals surface area (Å²) in [6, 6.07) is 0.289. The number of likely N-dealkylation sites (tertiary alicyclic amines) is 1. The molecule has 120 valence electrons. The van der Waals surface area contributed by atoms with Gasteiger partial charge in [-0.25, -0.2) is 13.1 Å². The number of nitrogens with one attached hydrogen (secondary N) is 3. The lowest BCUT2D eigenvalue weighted by Gasteiger charge is -2.22. The Morgan fingerprint density at radius 2 is 2.24 bits per heavy atom. The highest BCUT2D eigenvalue weighted by atomic mass is 32.2. The van der Waals surface area contributed by atoms with Crippen LogP contribution < -0.4 is 10.0 Å². The van der Waals surface area contributed by atoms with E-state index in [1.165, 1.54) is 0 Å². The second-order valence-corrected chi connectivity index (χ2v) is 7.12. The summed E-state index contributed by atoms with van der Waals surface area (Å²) in [6.07, 6.45) is 2.17. The number of aryl methyl sites for hydroxylation is 1. The molecule has 1 aromatic rings. The molecule has 1 atom stereocenters. The fourth-order valence-corrected chi connectivity index (χ4v) is 4.12. The topological polar surface area (TPSA) is 90.1 Å². The van der Waals surface area contributed by atoms with E-state index in [0.717, 1.165) is 31.6 Å². The van der Waals surface area contributed by atoms with E-state index in [2.05, 4.69) is 32.1 Å². The Morgan fingerprint density at radius 3 is 2.90 bits per heavy atom. The summed E-state index contributed by atoms with van der Waals surface area (Å²) < 4.78 is 27.6. The zero-order valence-electron chi connectivity index (χ0n) is 12.9. The van der Waals surface area contributed by atoms with Crippen LogP contribution in [0.2, 0.25) is 0 Å². The SMILES string of the molecule is CCN1CCCC1CNS(=O)(=O)c1n[nH]c(C)c1CNC. The molecule has 8 heteroatoms. The van der Waals surface area contributed by atoms with Crippen LogP contribution in [0, 0.1) is 6.92 Å². The summed E-state index contributed by atoms with van der Waals surface area (Å²) in [5.41, 5.74) is 1.48. The van der Waals surface area contributed by atoms with Crippen molar-refractivity contribution in [2.75, 3.05) is 26.7 Å². The van der Waals surface area contributed by atoms with Crippen LogP contribution in [0.5, 0.6) is 0 Å². The average molecular weight is 315 g/mol. The number of H-pyrrole nitrogens is 1. The summed E-state index contributed by atoms with van der Waals surface area (Å²) >= 11 is 0. The van der Waals surface area contributed by atoms with Crippen LogP contribution in [0.15, 0.2) is 5.03 Å². The maximum atomic E-state index is 12.5. The number of rotatable bonds is 7. The van der Waals surface area contributed by atoms with Crippen LogP contribution in [0.25, 0.3) is 0 Å². The summed E-state index contributed by atoms with van der Waals surface area (Å²) in [5.74, 6) is 0. The number of aromatic amines is 1. The number of sulfonamides is 1. The Bertz CT molecular complexity index is 569. The van der Waals surface area contributed by atoms with Gasteiger partial charge in [-0.3, -0.25) is 10.00 Å². The molecule has 0 saturated carbocycles. The van der Waals surface area contributed by atoms with Crippen molar-refractivity contribution in [3.05, 3.63) is 11.3 Å². The molecule has 2 heterocycles. The third-order valence-electron chi connectivity index (χ3n) is 4.06. The van der Waals surface area contributed by atoms with Gasteiger partial charge in [0.05, 0.1) is 0 Å². The lowest BCUT2D eigenvalue weighted by atomic mass is 10.2. The maximum Gasteiger partial charge on any atom is 0.260 e. The second kappa shape index (κ2) is 6.87. The van der Waals surface area contributed by atoms with Crippen molar-refractivity contribution in [2.45, 2.75) is 44.3 Å². The van der Waals surface area contributed by atoms with Crippen LogP contribution in [-0.2, 0) is 16.6 Å². The van der Waals surface area contributed by atoms with E-state index in [-0.39, 0.29) is 11.1 Å². The van der Waals surface area contributed by atoms with Crippen LogP contribution in [0.3, 0.4) is 0 Å². The molecule has 1 aliphatic rings. The van der Waals surface area contributed by atoms with Crippen molar-refractivity contribution in [1.29, 1.82) is 0 Å². The standard InChI is InChI=1S/C13H25N5O2S/c1-4-18-7-5-6-11(18)8-15-21(19,20)13-12(9-14-3)10(2)16-17-13/h11,14-15H,4-9H2,1-3H3,(H,16,17). The van der Waals surface area contributed by atoms with Crippen molar-refractivity contribution >= 4 is 10.0 Å². The van der Waals surface area contributed by atoms with Crippen molar-refractivity contribution in [3.63, 3.8) is 0 Å². The van der Waals surface area contributed by atoms with Gasteiger partial charge in [0.15, 0.2) is 5.03 Å². The molecule has 2 rings (SSSR count). The van der Waals surface area contributed by atoms with Crippen LogP contribution in [0.1, 0.15) is 31.0 Å². The van der Waals surface area contributed by atoms with E-state index in [9.17, 15) is 8.42 Å². The Hall–Kier alpha value is -0.960. The Morgan fingerprint density at radius 1 is 1.48 bits per heavy atom. The molecule has 1 unspecified atom stereocenters. The number of hydrogen-bond acceptors (Lipinski definition) is 5. The highest BCUT2D eigenvalue weighted by Gasteiger charge is 2.27. The third-order valence-corrected chi connectivity index (χ3v) is 5.45. The van der Waals surface area contributed by atoms with E-state index >= 15 is 0 Å². The van der Waals surface area contributed by atoms with Crippen LogP contribution in [0.4, 0.5) is 0 Å². The van der Waals surface area contributed by atoms with Gasteiger partial charge in [0, 0.05) is 30.4 Å². The van der Waals surface area contributed by atoms with Gasteiger partial charge < -0.3 is 5.32 Å². The minimum atomic E-state index is -3.57. The third kappa shape index (κ3) is 3.63. The monoisotopic (exact) mass is 315 g/mol. The Labute approximate surface area is 126 Å². The molecule has 0 amide bonds. The van der Waals surface area contributed by atoms with Gasteiger partial charge in [0.1, 0.15) is 0 Å². The molecule has 0 radical (unpaired) electrons. The molecule has 0 aromatic carbocycles. The smallest absolute Gasteiger partial charge is 0.260 e. The van der Waals surface area contributed by atoms with Gasteiger partial charge in [-0.15, -0.1) is 0 Å². The molecule has 1 aliphatic heterocycles. The first-order valence-electron chi connectivity index (χ1n) is 7.41. The molecule has 0 bridgehead atoms. The van der Waals surface area contributed by atoms with Gasteiger partial charge in [0.2, 0.25) is 0 Å². The number of hydrogen-bond donors (Lipinski definition) is 3. The molecule has 3 N–H and O–H groups in total. The van der Waals surface area contributed by atoms with E-state index in [1.807, 2.05) is 6.92 Å². The molecular weight excluding hydrogens is 290 g/mol. The normalized spacial score (nSPS) is 20.2. The summed E-state index contributed by atoms with van der Waals surface area (Å²) in [4.78, 5) is 2.31. The zero-order chi connectivity index (χ0) is 15.5. The van der Waals surface area contributed by atoms with Gasteiger partial charge in [-0.1, -0.05) is 6.92 Å².